The third kappa shape index (κ3) is 9.05. The number of aromatic nitrogens is 1. The van der Waals surface area contributed by atoms with Crippen molar-refractivity contribution in [3.05, 3.63) is 47.7 Å². The number of rotatable bonds is 7. The second kappa shape index (κ2) is 13.3. The van der Waals surface area contributed by atoms with E-state index in [0.717, 1.165) is 5.56 Å². The molecular formula is C23H26F3N5O5. The number of hydrogen-bond acceptors (Lipinski definition) is 7. The van der Waals surface area contributed by atoms with Crippen LogP contribution in [0.25, 0.3) is 0 Å². The average molecular weight is 509 g/mol. The van der Waals surface area contributed by atoms with Gasteiger partial charge >= 0.3 is 12.1 Å². The maximum Gasteiger partial charge on any atom is 0.490 e. The van der Waals surface area contributed by atoms with E-state index >= 15 is 0 Å². The van der Waals surface area contributed by atoms with E-state index in [9.17, 15) is 22.8 Å². The zero-order valence-electron chi connectivity index (χ0n) is 19.4. The second-order valence-electron chi connectivity index (χ2n) is 7.72. The van der Waals surface area contributed by atoms with E-state index in [1.54, 1.807) is 13.0 Å². The Hall–Kier alpha value is -3.89. The molecule has 0 saturated carbocycles. The van der Waals surface area contributed by atoms with Gasteiger partial charge in [-0.05, 0) is 12.5 Å². The van der Waals surface area contributed by atoms with Crippen molar-refractivity contribution in [3.8, 4) is 12.3 Å². The van der Waals surface area contributed by atoms with Crippen molar-refractivity contribution >= 4 is 23.6 Å². The highest BCUT2D eigenvalue weighted by Gasteiger charge is 2.38. The summed E-state index contributed by atoms with van der Waals surface area (Å²) in [6.45, 7) is 5.00. The highest BCUT2D eigenvalue weighted by molar-refractivity contribution is 5.94. The van der Waals surface area contributed by atoms with Crippen molar-refractivity contribution in [1.82, 2.24) is 20.3 Å². The predicted octanol–water partition coefficient (Wildman–Crippen LogP) is 1.66. The molecule has 1 aliphatic rings. The second-order valence-corrected chi connectivity index (χ2v) is 7.72. The number of aryl methyl sites for hydroxylation is 1. The number of terminal acetylenes is 1. The molecule has 1 aromatic heterocycles. The average Bonchev–Trinajstić information content (AvgIpc) is 3.24. The van der Waals surface area contributed by atoms with Crippen molar-refractivity contribution in [2.75, 3.05) is 44.6 Å². The van der Waals surface area contributed by atoms with E-state index < -0.39 is 18.2 Å². The van der Waals surface area contributed by atoms with Crippen LogP contribution in [0.3, 0.4) is 0 Å². The van der Waals surface area contributed by atoms with Gasteiger partial charge in [-0.25, -0.2) is 4.79 Å². The number of aliphatic carboxylic acids is 1. The molecule has 3 rings (SSSR count). The first-order valence-corrected chi connectivity index (χ1v) is 10.8. The summed E-state index contributed by atoms with van der Waals surface area (Å²) in [5.41, 5.74) is 0.908. The van der Waals surface area contributed by atoms with Crippen molar-refractivity contribution in [2.24, 2.45) is 0 Å². The zero-order valence-corrected chi connectivity index (χ0v) is 19.4. The number of amides is 2. The lowest BCUT2D eigenvalue weighted by Crippen LogP contribution is -2.52. The van der Waals surface area contributed by atoms with Gasteiger partial charge in [-0.15, -0.1) is 6.42 Å². The number of halogens is 3. The molecule has 0 bridgehead atoms. The van der Waals surface area contributed by atoms with Crippen molar-refractivity contribution in [2.45, 2.75) is 19.1 Å². The van der Waals surface area contributed by atoms with E-state index in [1.807, 2.05) is 30.3 Å². The molecule has 1 unspecified atom stereocenters. The predicted molar refractivity (Wildman–Crippen MR) is 123 cm³/mol. The molecule has 2 heterocycles. The number of piperazine rings is 1. The molecule has 1 aliphatic heterocycles. The Balaban J connectivity index is 0.000000572. The third-order valence-corrected chi connectivity index (χ3v) is 5.01. The Kier molecular flexibility index (Phi) is 10.4. The lowest BCUT2D eigenvalue weighted by molar-refractivity contribution is -0.192. The quantitative estimate of drug-likeness (QED) is 0.481. The lowest BCUT2D eigenvalue weighted by Gasteiger charge is -2.38. The van der Waals surface area contributed by atoms with Gasteiger partial charge in [0.25, 0.3) is 0 Å². The first-order valence-electron chi connectivity index (χ1n) is 10.8. The van der Waals surface area contributed by atoms with Crippen LogP contribution in [0.15, 0.2) is 40.9 Å². The van der Waals surface area contributed by atoms with Gasteiger partial charge in [0.15, 0.2) is 5.82 Å². The molecule has 10 nitrogen and oxygen atoms in total. The fraction of sp³-hybridized carbons (Fsp3) is 0.391. The number of alkyl halides is 3. The number of anilines is 1. The zero-order chi connectivity index (χ0) is 26.7. The molecule has 13 heteroatoms. The van der Waals surface area contributed by atoms with E-state index in [0.29, 0.717) is 44.3 Å². The number of carbonyl (C=O) groups is 3. The van der Waals surface area contributed by atoms with Crippen LogP contribution in [0.4, 0.5) is 19.0 Å². The van der Waals surface area contributed by atoms with Crippen molar-refractivity contribution < 1.29 is 37.2 Å². The van der Waals surface area contributed by atoms with Crippen LogP contribution < -0.4 is 10.6 Å². The summed E-state index contributed by atoms with van der Waals surface area (Å²) < 4.78 is 36.8. The van der Waals surface area contributed by atoms with Gasteiger partial charge in [0.2, 0.25) is 11.8 Å². The van der Waals surface area contributed by atoms with Crippen LogP contribution in [0.1, 0.15) is 17.4 Å². The first-order chi connectivity index (χ1) is 17.0. The molecule has 1 fully saturated rings. The number of hydrogen-bond donors (Lipinski definition) is 3. The van der Waals surface area contributed by atoms with Gasteiger partial charge in [-0.2, -0.15) is 13.2 Å². The molecule has 0 spiro atoms. The highest BCUT2D eigenvalue weighted by atomic mass is 19.4. The molecule has 2 amide bonds. The molecule has 1 aromatic carbocycles. The molecule has 2 aromatic rings. The summed E-state index contributed by atoms with van der Waals surface area (Å²) >= 11 is 0. The minimum Gasteiger partial charge on any atom is -0.475 e. The molecule has 1 saturated heterocycles. The summed E-state index contributed by atoms with van der Waals surface area (Å²) in [6, 6.07) is 10.9. The largest absolute Gasteiger partial charge is 0.490 e. The summed E-state index contributed by atoms with van der Waals surface area (Å²) in [4.78, 5) is 38.0. The molecule has 3 N–H and O–H groups in total. The van der Waals surface area contributed by atoms with Crippen LogP contribution >= 0.6 is 0 Å². The summed E-state index contributed by atoms with van der Waals surface area (Å²) in [5.74, 6) is 0.421. The normalized spacial score (nSPS) is 15.1. The molecule has 36 heavy (non-hydrogen) atoms. The Labute approximate surface area is 205 Å². The number of nitrogens with one attached hydrogen (secondary N) is 2. The Morgan fingerprint density at radius 2 is 1.81 bits per heavy atom. The number of carboxylic acid groups (broad SMARTS) is 1. The van der Waals surface area contributed by atoms with Gasteiger partial charge in [0.1, 0.15) is 11.8 Å². The van der Waals surface area contributed by atoms with Gasteiger partial charge in [0.05, 0.1) is 13.1 Å². The Morgan fingerprint density at radius 1 is 1.19 bits per heavy atom. The molecule has 0 aliphatic carbocycles. The van der Waals surface area contributed by atoms with Crippen LogP contribution in [-0.2, 0) is 14.4 Å². The minimum atomic E-state index is -5.08. The highest BCUT2D eigenvalue weighted by Crippen LogP contribution is 2.24. The van der Waals surface area contributed by atoms with Crippen LogP contribution in [0.5, 0.6) is 0 Å². The summed E-state index contributed by atoms with van der Waals surface area (Å²) in [6.07, 6.45) is 0.0851. The lowest BCUT2D eigenvalue weighted by atomic mass is 10.0. The molecular weight excluding hydrogens is 483 g/mol. The third-order valence-electron chi connectivity index (χ3n) is 5.01. The molecule has 194 valence electrons. The van der Waals surface area contributed by atoms with E-state index in [4.69, 9.17) is 20.8 Å². The van der Waals surface area contributed by atoms with Crippen LogP contribution in [-0.4, -0.2) is 83.3 Å². The monoisotopic (exact) mass is 509 g/mol. The van der Waals surface area contributed by atoms with Gasteiger partial charge < -0.3 is 20.3 Å². The maximum atomic E-state index is 13.1. The summed E-state index contributed by atoms with van der Waals surface area (Å²) in [5, 5.41) is 16.5. The SMILES string of the molecule is C#CCNC(=O)CN1CCN(C(C(=O)Nc2cc(C)on2)c2ccccc2)CC1.O=C(O)C(F)(F)F. The first kappa shape index (κ1) is 28.3. The number of nitrogens with zero attached hydrogens (tertiary/aromatic N) is 3. The summed E-state index contributed by atoms with van der Waals surface area (Å²) in [7, 11) is 0. The Bertz CT molecular complexity index is 1060. The number of benzene rings is 1. The van der Waals surface area contributed by atoms with Crippen LogP contribution in [0.2, 0.25) is 0 Å². The van der Waals surface area contributed by atoms with Crippen molar-refractivity contribution in [1.29, 1.82) is 0 Å². The standard InChI is InChI=1S/C21H25N5O3.C2HF3O2/c1-3-9-22-19(27)15-25-10-12-26(13-11-25)20(17-7-5-4-6-8-17)21(28)23-18-14-16(2)29-24-18;3-2(4,5)1(6)7/h1,4-8,14,20H,9-13,15H2,2H3,(H,22,27)(H,23,24,28);(H,6,7). The number of carbonyl (C=O) groups excluding carboxylic acids is 2. The van der Waals surface area contributed by atoms with E-state index in [1.165, 1.54) is 0 Å². The Morgan fingerprint density at radius 3 is 2.31 bits per heavy atom. The maximum absolute atomic E-state index is 13.1. The topological polar surface area (TPSA) is 128 Å². The fourth-order valence-corrected chi connectivity index (χ4v) is 3.37. The van der Waals surface area contributed by atoms with E-state index in [2.05, 4.69) is 31.5 Å². The molecule has 1 atom stereocenters. The van der Waals surface area contributed by atoms with Gasteiger partial charge in [-0.3, -0.25) is 19.4 Å². The van der Waals surface area contributed by atoms with Gasteiger partial charge in [0, 0.05) is 32.2 Å². The van der Waals surface area contributed by atoms with E-state index in [-0.39, 0.29) is 18.4 Å². The minimum absolute atomic E-state index is 0.0878. The van der Waals surface area contributed by atoms with Crippen molar-refractivity contribution in [3.63, 3.8) is 0 Å². The number of carboxylic acids is 1. The van der Waals surface area contributed by atoms with Gasteiger partial charge in [-0.1, -0.05) is 41.4 Å². The van der Waals surface area contributed by atoms with Crippen LogP contribution in [0, 0.1) is 19.3 Å². The molecule has 0 radical (unpaired) electrons. The fourth-order valence-electron chi connectivity index (χ4n) is 3.37. The smallest absolute Gasteiger partial charge is 0.475 e.